The van der Waals surface area contributed by atoms with Gasteiger partial charge in [0, 0.05) is 0 Å². The Hall–Kier alpha value is 0.0196. The van der Waals surface area contributed by atoms with E-state index in [0.717, 1.165) is 9.36 Å². The number of ether oxygens (including phenoxy) is 1. The molecule has 5 heteroatoms. The van der Waals surface area contributed by atoms with E-state index < -0.39 is 17.9 Å². The first-order valence-corrected chi connectivity index (χ1v) is 11.8. The third-order valence-corrected chi connectivity index (χ3v) is 11.4. The van der Waals surface area contributed by atoms with Crippen molar-refractivity contribution >= 4 is 30.5 Å². The molecule has 0 saturated carbocycles. The Balaban J connectivity index is 2.33. The zero-order chi connectivity index (χ0) is 13.6. The topological polar surface area (TPSA) is 27.7 Å². The molecule has 0 amide bonds. The number of benzene rings is 1. The molecule has 0 aliphatic carbocycles. The van der Waals surface area contributed by atoms with Crippen LogP contribution < -0.4 is 8.35 Å². The normalized spacial score (nSPS) is 25.7. The van der Waals surface area contributed by atoms with E-state index in [1.54, 1.807) is 7.11 Å². The molecule has 3 nitrogen and oxygen atoms in total. The van der Waals surface area contributed by atoms with E-state index in [2.05, 4.69) is 0 Å². The van der Waals surface area contributed by atoms with Gasteiger partial charge in [0.05, 0.1) is 0 Å². The third-order valence-electron chi connectivity index (χ3n) is 3.42. The van der Waals surface area contributed by atoms with Crippen molar-refractivity contribution in [3.05, 3.63) is 24.3 Å². The van der Waals surface area contributed by atoms with Gasteiger partial charge < -0.3 is 0 Å². The standard InChI is InChI=1S/C13H19ClO3Te/c1-12(2)13(3,4)17-18(14,16-12)11-8-6-10(15-5)7-9-11/h6-9H,1-5H3. The fraction of sp³-hybridized carbons (Fsp3) is 0.538. The molecule has 1 fully saturated rings. The van der Waals surface area contributed by atoms with Gasteiger partial charge in [0.15, 0.2) is 0 Å². The van der Waals surface area contributed by atoms with Gasteiger partial charge in [-0.1, -0.05) is 0 Å². The molecule has 0 aromatic heterocycles. The Morgan fingerprint density at radius 2 is 1.44 bits per heavy atom. The number of hydrogen-bond acceptors (Lipinski definition) is 3. The van der Waals surface area contributed by atoms with Crippen molar-refractivity contribution < 1.29 is 10.9 Å². The summed E-state index contributed by atoms with van der Waals surface area (Å²) in [5, 5.41) is 0. The van der Waals surface area contributed by atoms with Gasteiger partial charge in [-0.05, 0) is 0 Å². The maximum absolute atomic E-state index is 6.67. The summed E-state index contributed by atoms with van der Waals surface area (Å²) in [5.41, 5.74) is -0.758. The molecule has 0 radical (unpaired) electrons. The Morgan fingerprint density at radius 1 is 1.00 bits per heavy atom. The summed E-state index contributed by atoms with van der Waals surface area (Å²) < 4.78 is 18.3. The van der Waals surface area contributed by atoms with Crippen LogP contribution in [0.25, 0.3) is 0 Å². The van der Waals surface area contributed by atoms with Gasteiger partial charge in [0.2, 0.25) is 0 Å². The molecule has 1 saturated heterocycles. The van der Waals surface area contributed by atoms with Crippen molar-refractivity contribution in [2.75, 3.05) is 7.11 Å². The van der Waals surface area contributed by atoms with Gasteiger partial charge in [0.1, 0.15) is 0 Å². The summed E-state index contributed by atoms with van der Waals surface area (Å²) in [4.78, 5) is 0. The molecule has 2 rings (SSSR count). The van der Waals surface area contributed by atoms with Crippen LogP contribution >= 0.6 is 8.96 Å². The molecule has 1 aliphatic heterocycles. The van der Waals surface area contributed by atoms with E-state index in [9.17, 15) is 0 Å². The number of rotatable bonds is 2. The Bertz CT molecular complexity index is 426. The van der Waals surface area contributed by atoms with Gasteiger partial charge in [-0.2, -0.15) is 0 Å². The monoisotopic (exact) mass is 388 g/mol. The molecule has 0 N–H and O–H groups in total. The molecule has 18 heavy (non-hydrogen) atoms. The van der Waals surface area contributed by atoms with Crippen LogP contribution in [0, 0.1) is 0 Å². The molecular weight excluding hydrogens is 367 g/mol. The molecule has 0 spiro atoms. The van der Waals surface area contributed by atoms with Crippen LogP contribution in [-0.4, -0.2) is 36.2 Å². The van der Waals surface area contributed by atoms with Crippen LogP contribution in [0.3, 0.4) is 0 Å². The maximum atomic E-state index is 6.67. The Morgan fingerprint density at radius 3 is 1.83 bits per heavy atom. The average molecular weight is 386 g/mol. The molecule has 1 aliphatic rings. The van der Waals surface area contributed by atoms with Crippen molar-refractivity contribution in [3.8, 4) is 5.75 Å². The number of halogens is 1. The van der Waals surface area contributed by atoms with Gasteiger partial charge in [0.25, 0.3) is 0 Å². The average Bonchev–Trinajstić information content (AvgIpc) is 2.44. The fourth-order valence-electron chi connectivity index (χ4n) is 1.59. The summed E-state index contributed by atoms with van der Waals surface area (Å²) in [7, 11) is 8.31. The molecule has 1 aromatic carbocycles. The van der Waals surface area contributed by atoms with Crippen LogP contribution in [0.2, 0.25) is 0 Å². The second-order valence-corrected chi connectivity index (χ2v) is 12.8. The Labute approximate surface area is 117 Å². The van der Waals surface area contributed by atoms with E-state index in [1.165, 1.54) is 0 Å². The van der Waals surface area contributed by atoms with Crippen molar-refractivity contribution in [1.29, 1.82) is 0 Å². The zero-order valence-electron chi connectivity index (χ0n) is 11.3. The van der Waals surface area contributed by atoms with Crippen molar-refractivity contribution in [3.63, 3.8) is 0 Å². The molecule has 0 bridgehead atoms. The summed E-state index contributed by atoms with van der Waals surface area (Å²) in [6.45, 7) is 8.08. The van der Waals surface area contributed by atoms with Crippen molar-refractivity contribution in [2.24, 2.45) is 0 Å². The predicted molar refractivity (Wildman–Crippen MR) is 74.6 cm³/mol. The number of hydrogen-bond donors (Lipinski definition) is 0. The number of methoxy groups -OCH3 is 1. The van der Waals surface area contributed by atoms with Gasteiger partial charge in [-0.3, -0.25) is 0 Å². The molecule has 102 valence electrons. The van der Waals surface area contributed by atoms with E-state index in [4.69, 9.17) is 19.9 Å². The predicted octanol–water partition coefficient (Wildman–Crippen LogP) is 2.68. The molecule has 0 unspecified atom stereocenters. The minimum atomic E-state index is -3.45. The first kappa shape index (κ1) is 14.4. The Kier molecular flexibility index (Phi) is 3.64. The molecule has 1 aromatic rings. The summed E-state index contributed by atoms with van der Waals surface area (Å²) in [6.07, 6.45) is 0. The van der Waals surface area contributed by atoms with Gasteiger partial charge >= 0.3 is 117 Å². The van der Waals surface area contributed by atoms with Gasteiger partial charge in [-0.15, -0.1) is 0 Å². The van der Waals surface area contributed by atoms with E-state index in [-0.39, 0.29) is 11.2 Å². The van der Waals surface area contributed by atoms with Crippen LogP contribution in [0.5, 0.6) is 5.75 Å². The summed E-state index contributed by atoms with van der Waals surface area (Å²) in [6, 6.07) is 7.64. The first-order valence-electron chi connectivity index (χ1n) is 5.78. The summed E-state index contributed by atoms with van der Waals surface area (Å²) >= 11 is -3.45. The van der Waals surface area contributed by atoms with Gasteiger partial charge in [-0.25, -0.2) is 0 Å². The van der Waals surface area contributed by atoms with E-state index >= 15 is 0 Å². The second kappa shape index (κ2) is 4.54. The SMILES string of the molecule is COc1ccc([Te]2(Cl)OC(C)(C)C(C)(C)O2)cc1. The second-order valence-electron chi connectivity index (χ2n) is 5.30. The zero-order valence-corrected chi connectivity index (χ0v) is 14.4. The van der Waals surface area contributed by atoms with E-state index in [1.807, 2.05) is 52.0 Å². The van der Waals surface area contributed by atoms with Crippen LogP contribution in [-0.2, 0) is 6.20 Å². The van der Waals surface area contributed by atoms with Crippen LogP contribution in [0.15, 0.2) is 24.3 Å². The third kappa shape index (κ3) is 2.37. The fourth-order valence-corrected chi connectivity index (χ4v) is 10.6. The van der Waals surface area contributed by atoms with E-state index in [0.29, 0.717) is 0 Å². The van der Waals surface area contributed by atoms with Crippen molar-refractivity contribution in [1.82, 2.24) is 0 Å². The van der Waals surface area contributed by atoms with Crippen LogP contribution in [0.4, 0.5) is 0 Å². The van der Waals surface area contributed by atoms with Crippen molar-refractivity contribution in [2.45, 2.75) is 38.9 Å². The molecular formula is C13H19ClO3Te. The van der Waals surface area contributed by atoms with Crippen LogP contribution in [0.1, 0.15) is 27.7 Å². The molecule has 0 atom stereocenters. The molecule has 1 heterocycles. The summed E-state index contributed by atoms with van der Waals surface area (Å²) in [5.74, 6) is 0.804. The quantitative estimate of drug-likeness (QED) is 0.732. The minimum absolute atomic E-state index is 0.379. The first-order chi connectivity index (χ1) is 8.20.